The van der Waals surface area contributed by atoms with Gasteiger partial charge in [0.2, 0.25) is 10.0 Å². The maximum Gasteiger partial charge on any atom is 0.243 e. The number of hydrogen-bond acceptors (Lipinski definition) is 4. The second-order valence-electron chi connectivity index (χ2n) is 6.21. The van der Waals surface area contributed by atoms with Crippen LogP contribution in [0.1, 0.15) is 24.5 Å². The number of sulfonamides is 1. The molecule has 3 rings (SSSR count). The Labute approximate surface area is 148 Å². The maximum atomic E-state index is 12.8. The molecule has 1 aliphatic rings. The molecule has 0 amide bonds. The van der Waals surface area contributed by atoms with Crippen LogP contribution < -0.4 is 0 Å². The fraction of sp³-hybridized carbons (Fsp3) is 0.444. The van der Waals surface area contributed by atoms with Crippen LogP contribution in [-0.2, 0) is 23.0 Å². The molecule has 0 spiro atoms. The predicted octanol–water partition coefficient (Wildman–Crippen LogP) is 3.21. The summed E-state index contributed by atoms with van der Waals surface area (Å²) in [7, 11) is -3.37. The molecule has 2 heterocycles. The van der Waals surface area contributed by atoms with E-state index in [0.717, 1.165) is 32.5 Å². The minimum absolute atomic E-state index is 0.411. The first-order valence-electron chi connectivity index (χ1n) is 8.42. The van der Waals surface area contributed by atoms with Crippen molar-refractivity contribution in [1.29, 1.82) is 0 Å². The third kappa shape index (κ3) is 4.06. The highest BCUT2D eigenvalue weighted by atomic mass is 32.2. The number of nitrogens with zero attached hydrogens (tertiary/aromatic N) is 2. The zero-order chi connectivity index (χ0) is 17.0. The minimum Gasteiger partial charge on any atom is -0.296 e. The molecule has 0 saturated carbocycles. The molecule has 0 atom stereocenters. The number of hydrogen-bond donors (Lipinski definition) is 0. The van der Waals surface area contributed by atoms with Crippen LogP contribution in [0.5, 0.6) is 0 Å². The molecule has 1 aromatic heterocycles. The molecule has 2 aromatic rings. The van der Waals surface area contributed by atoms with Gasteiger partial charge < -0.3 is 0 Å². The molecule has 1 saturated heterocycles. The van der Waals surface area contributed by atoms with Crippen LogP contribution in [0, 0.1) is 0 Å². The summed E-state index contributed by atoms with van der Waals surface area (Å²) in [5.74, 6) is 0. The van der Waals surface area contributed by atoms with Crippen LogP contribution in [-0.4, -0.2) is 43.8 Å². The summed E-state index contributed by atoms with van der Waals surface area (Å²) in [4.78, 5) is 2.73. The van der Waals surface area contributed by atoms with E-state index in [4.69, 9.17) is 0 Å². The Morgan fingerprint density at radius 3 is 2.29 bits per heavy atom. The van der Waals surface area contributed by atoms with E-state index in [1.807, 2.05) is 12.1 Å². The van der Waals surface area contributed by atoms with Gasteiger partial charge in [0.1, 0.15) is 0 Å². The number of benzene rings is 1. The van der Waals surface area contributed by atoms with Gasteiger partial charge in [-0.1, -0.05) is 25.5 Å². The summed E-state index contributed by atoms with van der Waals surface area (Å²) in [5, 5.41) is 4.24. The molecular formula is C18H24N2O2S2. The molecule has 4 nitrogen and oxygen atoms in total. The summed E-state index contributed by atoms with van der Waals surface area (Å²) < 4.78 is 27.2. The molecule has 0 aliphatic carbocycles. The zero-order valence-electron chi connectivity index (χ0n) is 14.0. The maximum absolute atomic E-state index is 12.8. The number of thiophene rings is 1. The van der Waals surface area contributed by atoms with E-state index in [1.165, 1.54) is 11.1 Å². The van der Waals surface area contributed by atoms with Crippen LogP contribution >= 0.6 is 11.3 Å². The van der Waals surface area contributed by atoms with Gasteiger partial charge in [0, 0.05) is 32.7 Å². The third-order valence-electron chi connectivity index (χ3n) is 4.42. The first kappa shape index (κ1) is 17.6. The van der Waals surface area contributed by atoms with Gasteiger partial charge in [-0.15, -0.1) is 0 Å². The molecule has 0 N–H and O–H groups in total. The smallest absolute Gasteiger partial charge is 0.243 e. The summed E-state index contributed by atoms with van der Waals surface area (Å²) in [6.07, 6.45) is 2.06. The van der Waals surface area contributed by atoms with Gasteiger partial charge in [-0.25, -0.2) is 8.42 Å². The standard InChI is InChI=1S/C18H24N2O2S2/c1-2-3-16-4-6-18(7-5-16)24(21,22)20-11-9-19(10-12-20)14-17-8-13-23-15-17/h4-8,13,15H,2-3,9-12,14H2,1H3. The van der Waals surface area contributed by atoms with E-state index in [1.54, 1.807) is 27.8 Å². The lowest BCUT2D eigenvalue weighted by Crippen LogP contribution is -2.48. The largest absolute Gasteiger partial charge is 0.296 e. The predicted molar refractivity (Wildman–Crippen MR) is 98.8 cm³/mol. The van der Waals surface area contributed by atoms with E-state index < -0.39 is 10.0 Å². The summed E-state index contributed by atoms with van der Waals surface area (Å²) >= 11 is 1.70. The van der Waals surface area contributed by atoms with Crippen LogP contribution in [0.4, 0.5) is 0 Å². The molecule has 0 radical (unpaired) electrons. The molecule has 24 heavy (non-hydrogen) atoms. The second-order valence-corrected chi connectivity index (χ2v) is 8.92. The average Bonchev–Trinajstić information content (AvgIpc) is 3.09. The highest BCUT2D eigenvalue weighted by Crippen LogP contribution is 2.20. The summed E-state index contributed by atoms with van der Waals surface area (Å²) in [6, 6.07) is 9.49. The number of piperazine rings is 1. The van der Waals surface area contributed by atoms with Gasteiger partial charge in [-0.05, 0) is 46.5 Å². The molecule has 6 heteroatoms. The zero-order valence-corrected chi connectivity index (χ0v) is 15.7. The van der Waals surface area contributed by atoms with Crippen molar-refractivity contribution >= 4 is 21.4 Å². The van der Waals surface area contributed by atoms with Crippen molar-refractivity contribution in [3.8, 4) is 0 Å². The lowest BCUT2D eigenvalue weighted by Gasteiger charge is -2.33. The van der Waals surface area contributed by atoms with Gasteiger partial charge in [-0.3, -0.25) is 4.90 Å². The van der Waals surface area contributed by atoms with Gasteiger partial charge in [0.15, 0.2) is 0 Å². The normalized spacial score (nSPS) is 17.2. The number of rotatable bonds is 6. The molecule has 1 aliphatic heterocycles. The van der Waals surface area contributed by atoms with E-state index in [-0.39, 0.29) is 0 Å². The first-order valence-corrected chi connectivity index (χ1v) is 10.8. The van der Waals surface area contributed by atoms with Crippen LogP contribution in [0.3, 0.4) is 0 Å². The Bertz CT molecular complexity index is 732. The quantitative estimate of drug-likeness (QED) is 0.790. The van der Waals surface area contributed by atoms with Gasteiger partial charge >= 0.3 is 0 Å². The van der Waals surface area contributed by atoms with Crippen molar-refractivity contribution in [2.45, 2.75) is 31.2 Å². The van der Waals surface area contributed by atoms with Gasteiger partial charge in [0.25, 0.3) is 0 Å². The summed E-state index contributed by atoms with van der Waals surface area (Å²) in [5.41, 5.74) is 2.50. The fourth-order valence-corrected chi connectivity index (χ4v) is 5.12. The van der Waals surface area contributed by atoms with Crippen molar-refractivity contribution in [3.63, 3.8) is 0 Å². The van der Waals surface area contributed by atoms with Crippen LogP contribution in [0.15, 0.2) is 46.0 Å². The van der Waals surface area contributed by atoms with Crippen molar-refractivity contribution in [1.82, 2.24) is 9.21 Å². The molecule has 0 unspecified atom stereocenters. The number of aryl methyl sites for hydroxylation is 1. The van der Waals surface area contributed by atoms with E-state index in [9.17, 15) is 8.42 Å². The highest BCUT2D eigenvalue weighted by molar-refractivity contribution is 7.89. The van der Waals surface area contributed by atoms with E-state index >= 15 is 0 Å². The highest BCUT2D eigenvalue weighted by Gasteiger charge is 2.28. The molecule has 0 bridgehead atoms. The van der Waals surface area contributed by atoms with Crippen molar-refractivity contribution in [3.05, 3.63) is 52.2 Å². The lowest BCUT2D eigenvalue weighted by atomic mass is 10.1. The topological polar surface area (TPSA) is 40.6 Å². The van der Waals surface area contributed by atoms with Gasteiger partial charge in [-0.2, -0.15) is 15.6 Å². The lowest BCUT2D eigenvalue weighted by molar-refractivity contribution is 0.182. The van der Waals surface area contributed by atoms with Gasteiger partial charge in [0.05, 0.1) is 4.90 Å². The SMILES string of the molecule is CCCc1ccc(S(=O)(=O)N2CCN(Cc3ccsc3)CC2)cc1. The van der Waals surface area contributed by atoms with E-state index in [0.29, 0.717) is 18.0 Å². The third-order valence-corrected chi connectivity index (χ3v) is 7.06. The Morgan fingerprint density at radius 2 is 1.71 bits per heavy atom. The first-order chi connectivity index (χ1) is 11.6. The minimum atomic E-state index is -3.37. The molecule has 1 fully saturated rings. The van der Waals surface area contributed by atoms with E-state index in [2.05, 4.69) is 28.7 Å². The average molecular weight is 365 g/mol. The van der Waals surface area contributed by atoms with Crippen molar-refractivity contribution < 1.29 is 8.42 Å². The Kier molecular flexibility index (Phi) is 5.71. The monoisotopic (exact) mass is 364 g/mol. The molecule has 1 aromatic carbocycles. The van der Waals surface area contributed by atoms with Crippen LogP contribution in [0.2, 0.25) is 0 Å². The summed E-state index contributed by atoms with van der Waals surface area (Å²) in [6.45, 7) is 5.71. The van der Waals surface area contributed by atoms with Crippen LogP contribution in [0.25, 0.3) is 0 Å². The van der Waals surface area contributed by atoms with Crippen molar-refractivity contribution in [2.24, 2.45) is 0 Å². The fourth-order valence-electron chi connectivity index (χ4n) is 3.03. The van der Waals surface area contributed by atoms with Crippen molar-refractivity contribution in [2.75, 3.05) is 26.2 Å². The molecular weight excluding hydrogens is 340 g/mol. The Morgan fingerprint density at radius 1 is 1.00 bits per heavy atom. The second kappa shape index (κ2) is 7.78. The Balaban J connectivity index is 1.61. The molecule has 130 valence electrons. The Hall–Kier alpha value is -1.21.